The van der Waals surface area contributed by atoms with E-state index in [0.717, 1.165) is 5.39 Å². The molecule has 9 nitrogen and oxygen atoms in total. The molecule has 2 heterocycles. The van der Waals surface area contributed by atoms with E-state index in [9.17, 15) is 9.59 Å². The Labute approximate surface area is 211 Å². The lowest BCUT2D eigenvalue weighted by Crippen LogP contribution is -2.38. The Morgan fingerprint density at radius 2 is 1.80 bits per heavy atom. The van der Waals surface area contributed by atoms with Gasteiger partial charge in [0.1, 0.15) is 0 Å². The summed E-state index contributed by atoms with van der Waals surface area (Å²) < 4.78 is 5.26. The predicted octanol–water partition coefficient (Wildman–Crippen LogP) is 4.47. The van der Waals surface area contributed by atoms with Gasteiger partial charge in [0.2, 0.25) is 17.6 Å². The van der Waals surface area contributed by atoms with Gasteiger partial charge in [-0.1, -0.05) is 60.4 Å². The van der Waals surface area contributed by atoms with E-state index in [1.165, 1.54) is 0 Å². The van der Waals surface area contributed by atoms with Crippen LogP contribution in [0.15, 0.2) is 51.8 Å². The number of hydrogen-bond donors (Lipinski definition) is 3. The third-order valence-electron chi connectivity index (χ3n) is 5.35. The van der Waals surface area contributed by atoms with Crippen LogP contribution in [0, 0.1) is 5.41 Å². The molecule has 0 aliphatic carbocycles. The number of aryl methyl sites for hydroxylation is 1. The van der Waals surface area contributed by atoms with Crippen LogP contribution >= 0.6 is 23.2 Å². The molecule has 0 bridgehead atoms. The zero-order valence-corrected chi connectivity index (χ0v) is 20.7. The van der Waals surface area contributed by atoms with Gasteiger partial charge < -0.3 is 15.2 Å². The second-order valence-corrected chi connectivity index (χ2v) is 9.78. The van der Waals surface area contributed by atoms with Crippen LogP contribution in [0.2, 0.25) is 10.0 Å². The SMILES string of the molecule is CC(C)(CNC(=O)CCc1nc(-c2cc(Cl)cc(Cl)c2)no1)CNc1n[nH]c(=O)c2ccccc12. The number of H-pyrrole nitrogens is 1. The van der Waals surface area contributed by atoms with Crippen molar-refractivity contribution in [2.75, 3.05) is 18.4 Å². The average molecular weight is 515 g/mol. The third kappa shape index (κ3) is 6.37. The minimum absolute atomic E-state index is 0.128. The molecular formula is C24H24Cl2N6O3. The Morgan fingerprint density at radius 1 is 1.09 bits per heavy atom. The Hall–Kier alpha value is -3.43. The van der Waals surface area contributed by atoms with Crippen LogP contribution in [0.3, 0.4) is 0 Å². The highest BCUT2D eigenvalue weighted by Crippen LogP contribution is 2.25. The largest absolute Gasteiger partial charge is 0.368 e. The first-order chi connectivity index (χ1) is 16.7. The van der Waals surface area contributed by atoms with Crippen LogP contribution in [-0.4, -0.2) is 39.3 Å². The van der Waals surface area contributed by atoms with E-state index >= 15 is 0 Å². The molecule has 3 N–H and O–H groups in total. The zero-order chi connectivity index (χ0) is 25.0. The van der Waals surface area contributed by atoms with E-state index in [0.29, 0.717) is 58.0 Å². The number of carbonyl (C=O) groups excluding carboxylic acids is 1. The van der Waals surface area contributed by atoms with Gasteiger partial charge in [0, 0.05) is 46.9 Å². The summed E-state index contributed by atoms with van der Waals surface area (Å²) >= 11 is 12.0. The van der Waals surface area contributed by atoms with Gasteiger partial charge >= 0.3 is 0 Å². The monoisotopic (exact) mass is 514 g/mol. The van der Waals surface area contributed by atoms with E-state index in [1.54, 1.807) is 24.3 Å². The number of aromatic amines is 1. The molecule has 2 aromatic heterocycles. The molecule has 0 unspecified atom stereocenters. The van der Waals surface area contributed by atoms with Crippen molar-refractivity contribution in [3.05, 3.63) is 68.8 Å². The van der Waals surface area contributed by atoms with E-state index < -0.39 is 0 Å². The Kier molecular flexibility index (Phi) is 7.37. The zero-order valence-electron chi connectivity index (χ0n) is 19.2. The first kappa shape index (κ1) is 24.7. The van der Waals surface area contributed by atoms with Crippen LogP contribution in [0.5, 0.6) is 0 Å². The van der Waals surface area contributed by atoms with E-state index in [4.69, 9.17) is 27.7 Å². The maximum atomic E-state index is 12.4. The van der Waals surface area contributed by atoms with Gasteiger partial charge in [0.15, 0.2) is 5.82 Å². The van der Waals surface area contributed by atoms with E-state index in [1.807, 2.05) is 32.0 Å². The predicted molar refractivity (Wildman–Crippen MR) is 136 cm³/mol. The number of benzene rings is 2. The molecule has 4 aromatic rings. The van der Waals surface area contributed by atoms with Gasteiger partial charge in [-0.15, -0.1) is 0 Å². The molecule has 0 aliphatic heterocycles. The summed E-state index contributed by atoms with van der Waals surface area (Å²) in [5.41, 5.74) is 0.126. The molecule has 11 heteroatoms. The normalized spacial score (nSPS) is 11.5. The Bertz CT molecular complexity index is 1400. The van der Waals surface area contributed by atoms with Crippen molar-refractivity contribution in [3.63, 3.8) is 0 Å². The number of nitrogens with zero attached hydrogens (tertiary/aromatic N) is 3. The Balaban J connectivity index is 1.27. The van der Waals surface area contributed by atoms with Gasteiger partial charge in [-0.2, -0.15) is 10.1 Å². The van der Waals surface area contributed by atoms with E-state index in [-0.39, 0.29) is 23.3 Å². The van der Waals surface area contributed by atoms with Crippen LogP contribution in [0.1, 0.15) is 26.2 Å². The van der Waals surface area contributed by atoms with Crippen molar-refractivity contribution in [1.29, 1.82) is 0 Å². The molecule has 0 fully saturated rings. The number of rotatable bonds is 9. The van der Waals surface area contributed by atoms with Crippen molar-refractivity contribution in [1.82, 2.24) is 25.7 Å². The summed E-state index contributed by atoms with van der Waals surface area (Å²) in [5.74, 6) is 1.17. The standard InChI is InChI=1S/C24H24Cl2N6O3/c1-24(2,13-28-22-17-5-3-4-6-18(17)23(34)31-30-22)12-27-19(33)7-8-20-29-21(32-35-20)14-9-15(25)11-16(26)10-14/h3-6,9-11H,7-8,12-13H2,1-2H3,(H,27,33)(H,28,30)(H,31,34). The van der Waals surface area contributed by atoms with E-state index in [2.05, 4.69) is 31.0 Å². The van der Waals surface area contributed by atoms with Crippen molar-refractivity contribution >= 4 is 45.7 Å². The van der Waals surface area contributed by atoms with Crippen molar-refractivity contribution in [2.45, 2.75) is 26.7 Å². The summed E-state index contributed by atoms with van der Waals surface area (Å²) in [7, 11) is 0. The summed E-state index contributed by atoms with van der Waals surface area (Å²) in [6, 6.07) is 12.3. The molecule has 0 radical (unpaired) electrons. The molecule has 0 aliphatic rings. The highest BCUT2D eigenvalue weighted by molar-refractivity contribution is 6.35. The van der Waals surface area contributed by atoms with Gasteiger partial charge in [-0.25, -0.2) is 5.10 Å². The minimum Gasteiger partial charge on any atom is -0.368 e. The molecular weight excluding hydrogens is 491 g/mol. The summed E-state index contributed by atoms with van der Waals surface area (Å²) in [4.78, 5) is 28.7. The number of nitrogens with one attached hydrogen (secondary N) is 3. The van der Waals surface area contributed by atoms with Gasteiger partial charge in [-0.05, 0) is 29.7 Å². The van der Waals surface area contributed by atoms with Crippen LogP contribution in [-0.2, 0) is 11.2 Å². The second kappa shape index (κ2) is 10.5. The van der Waals surface area contributed by atoms with Gasteiger partial charge in [-0.3, -0.25) is 9.59 Å². The lowest BCUT2D eigenvalue weighted by atomic mass is 9.93. The minimum atomic E-state index is -0.280. The number of hydrogen-bond acceptors (Lipinski definition) is 7. The molecule has 0 saturated heterocycles. The van der Waals surface area contributed by atoms with Crippen molar-refractivity contribution in [3.8, 4) is 11.4 Å². The quantitative estimate of drug-likeness (QED) is 0.300. The molecule has 0 saturated carbocycles. The number of fused-ring (bicyclic) bond motifs is 1. The van der Waals surface area contributed by atoms with Crippen LogP contribution in [0.4, 0.5) is 5.82 Å². The maximum Gasteiger partial charge on any atom is 0.272 e. The summed E-state index contributed by atoms with van der Waals surface area (Å²) in [5, 5.41) is 19.1. The van der Waals surface area contributed by atoms with Crippen LogP contribution < -0.4 is 16.2 Å². The first-order valence-corrected chi connectivity index (χ1v) is 11.7. The number of carbonyl (C=O) groups is 1. The number of amides is 1. The smallest absolute Gasteiger partial charge is 0.272 e. The molecule has 35 heavy (non-hydrogen) atoms. The topological polar surface area (TPSA) is 126 Å². The van der Waals surface area contributed by atoms with Gasteiger partial charge in [0.25, 0.3) is 5.56 Å². The Morgan fingerprint density at radius 3 is 2.54 bits per heavy atom. The number of aromatic nitrogens is 4. The first-order valence-electron chi connectivity index (χ1n) is 11.0. The van der Waals surface area contributed by atoms with Crippen molar-refractivity contribution < 1.29 is 9.32 Å². The molecule has 2 aromatic carbocycles. The maximum absolute atomic E-state index is 12.4. The number of anilines is 1. The number of halogens is 2. The van der Waals surface area contributed by atoms with Gasteiger partial charge in [0.05, 0.1) is 5.39 Å². The molecule has 0 spiro atoms. The van der Waals surface area contributed by atoms with Crippen molar-refractivity contribution in [2.24, 2.45) is 5.41 Å². The fourth-order valence-electron chi connectivity index (χ4n) is 3.44. The molecule has 182 valence electrons. The van der Waals surface area contributed by atoms with Crippen LogP contribution in [0.25, 0.3) is 22.2 Å². The second-order valence-electron chi connectivity index (χ2n) is 8.91. The fraction of sp³-hybridized carbons (Fsp3) is 0.292. The molecule has 4 rings (SSSR count). The molecule has 1 amide bonds. The highest BCUT2D eigenvalue weighted by atomic mass is 35.5. The lowest BCUT2D eigenvalue weighted by molar-refractivity contribution is -0.121. The average Bonchev–Trinajstić information content (AvgIpc) is 3.30. The highest BCUT2D eigenvalue weighted by Gasteiger charge is 2.20. The summed E-state index contributed by atoms with van der Waals surface area (Å²) in [6.07, 6.45) is 0.507. The molecule has 0 atom stereocenters. The summed E-state index contributed by atoms with van der Waals surface area (Å²) in [6.45, 7) is 5.02. The fourth-order valence-corrected chi connectivity index (χ4v) is 3.96. The lowest BCUT2D eigenvalue weighted by Gasteiger charge is -2.25. The third-order valence-corrected chi connectivity index (χ3v) is 5.79.